The lowest BCUT2D eigenvalue weighted by atomic mass is 9.85. The highest BCUT2D eigenvalue weighted by atomic mass is 32.2. The first-order valence-electron chi connectivity index (χ1n) is 5.87. The minimum atomic E-state index is -3.19. The molecule has 1 aromatic carbocycles. The van der Waals surface area contributed by atoms with Crippen LogP contribution in [0.1, 0.15) is 31.9 Å². The van der Waals surface area contributed by atoms with E-state index in [-0.39, 0.29) is 11.2 Å². The molecule has 0 unspecified atom stereocenters. The molecule has 108 valence electrons. The smallest absolute Gasteiger partial charge is 0.151 e. The van der Waals surface area contributed by atoms with Crippen molar-refractivity contribution >= 4 is 15.5 Å². The molecule has 0 heterocycles. The largest absolute Gasteiger partial charge is 0.494 e. The molecule has 0 spiro atoms. The van der Waals surface area contributed by atoms with Crippen molar-refractivity contribution in [1.82, 2.24) is 0 Å². The Hall–Kier alpha value is -1.27. The maximum absolute atomic E-state index is 11.5. The molecule has 0 radical (unpaired) electrons. The van der Waals surface area contributed by atoms with Crippen molar-refractivity contribution in [2.24, 2.45) is 0 Å². The maximum atomic E-state index is 11.5. The third kappa shape index (κ3) is 4.11. The minimum Gasteiger partial charge on any atom is -0.494 e. The molecule has 0 amide bonds. The van der Waals surface area contributed by atoms with Gasteiger partial charge in [0.25, 0.3) is 0 Å². The zero-order chi connectivity index (χ0) is 14.8. The van der Waals surface area contributed by atoms with Gasteiger partial charge in [-0.2, -0.15) is 0 Å². The number of ether oxygens (including phenoxy) is 1. The van der Waals surface area contributed by atoms with E-state index in [0.717, 1.165) is 5.56 Å². The van der Waals surface area contributed by atoms with E-state index in [0.29, 0.717) is 17.0 Å². The van der Waals surface area contributed by atoms with Crippen LogP contribution in [0, 0.1) is 0 Å². The number of anilines is 1. The van der Waals surface area contributed by atoms with Crippen LogP contribution in [0.2, 0.25) is 0 Å². The highest BCUT2D eigenvalue weighted by molar-refractivity contribution is 7.89. The Bertz CT molecular complexity index is 559. The van der Waals surface area contributed by atoms with Crippen molar-refractivity contribution in [2.75, 3.05) is 18.8 Å². The Balaban J connectivity index is 3.49. The molecule has 0 bridgehead atoms. The van der Waals surface area contributed by atoms with Gasteiger partial charge in [0, 0.05) is 11.8 Å². The summed E-state index contributed by atoms with van der Waals surface area (Å²) < 4.78 is 28.2. The van der Waals surface area contributed by atoms with E-state index in [1.165, 1.54) is 13.4 Å². The van der Waals surface area contributed by atoms with Gasteiger partial charge in [0.15, 0.2) is 9.84 Å². The zero-order valence-corrected chi connectivity index (χ0v) is 12.8. The fourth-order valence-electron chi connectivity index (χ4n) is 1.84. The fourth-order valence-corrected chi connectivity index (χ4v) is 2.62. The number of methoxy groups -OCH3 is 1. The first kappa shape index (κ1) is 15.8. The topological polar surface area (TPSA) is 75.6 Å². The minimum absolute atomic E-state index is 0.130. The van der Waals surface area contributed by atoms with Crippen LogP contribution in [0.4, 0.5) is 5.69 Å². The molecule has 0 atom stereocenters. The van der Waals surface area contributed by atoms with Crippen LogP contribution in [-0.2, 0) is 21.0 Å². The van der Waals surface area contributed by atoms with Gasteiger partial charge in [0.1, 0.15) is 11.4 Å². The van der Waals surface area contributed by atoms with Gasteiger partial charge in [-0.15, -0.1) is 0 Å². The maximum Gasteiger partial charge on any atom is 0.151 e. The molecule has 19 heavy (non-hydrogen) atoms. The third-order valence-corrected chi connectivity index (χ3v) is 3.61. The summed E-state index contributed by atoms with van der Waals surface area (Å²) in [5, 5.41) is 9.18. The molecule has 0 saturated heterocycles. The molecule has 6 heteroatoms. The first-order valence-corrected chi connectivity index (χ1v) is 7.94. The molecule has 0 saturated carbocycles. The van der Waals surface area contributed by atoms with E-state index in [4.69, 9.17) is 4.74 Å². The molecule has 0 aliphatic heterocycles. The van der Waals surface area contributed by atoms with Crippen molar-refractivity contribution in [3.8, 4) is 5.75 Å². The molecule has 0 aliphatic rings. The SMILES string of the molecule is COc1c(CS(C)(=O)=O)cc(C(C)(C)C)cc1NO. The Kier molecular flexibility index (Phi) is 4.47. The van der Waals surface area contributed by atoms with Gasteiger partial charge in [0.2, 0.25) is 0 Å². The summed E-state index contributed by atoms with van der Waals surface area (Å²) in [6, 6.07) is 3.56. The molecule has 2 N–H and O–H groups in total. The second-order valence-electron chi connectivity index (χ2n) is 5.65. The van der Waals surface area contributed by atoms with Crippen LogP contribution < -0.4 is 10.2 Å². The standard InChI is InChI=1S/C13H21NO4S/c1-13(2,3)10-6-9(8-19(5,16)17)12(18-4)11(7-10)14-15/h6-7,14-15H,8H2,1-5H3. The van der Waals surface area contributed by atoms with Gasteiger partial charge < -0.3 is 4.74 Å². The van der Waals surface area contributed by atoms with Crippen molar-refractivity contribution < 1.29 is 18.4 Å². The number of benzene rings is 1. The normalized spacial score (nSPS) is 12.3. The molecular formula is C13H21NO4S. The van der Waals surface area contributed by atoms with Crippen molar-refractivity contribution in [1.29, 1.82) is 0 Å². The van der Waals surface area contributed by atoms with Gasteiger partial charge in [0.05, 0.1) is 12.9 Å². The summed E-state index contributed by atoms with van der Waals surface area (Å²) in [6.45, 7) is 6.04. The number of sulfone groups is 1. The average molecular weight is 287 g/mol. The summed E-state index contributed by atoms with van der Waals surface area (Å²) >= 11 is 0. The lowest BCUT2D eigenvalue weighted by molar-refractivity contribution is 0.371. The van der Waals surface area contributed by atoms with Crippen molar-refractivity contribution in [3.63, 3.8) is 0 Å². The second-order valence-corrected chi connectivity index (χ2v) is 7.79. The summed E-state index contributed by atoms with van der Waals surface area (Å²) in [7, 11) is -1.74. The molecule has 0 aliphatic carbocycles. The molecule has 1 rings (SSSR count). The van der Waals surface area contributed by atoms with E-state index in [9.17, 15) is 13.6 Å². The third-order valence-electron chi connectivity index (χ3n) is 2.77. The lowest BCUT2D eigenvalue weighted by Gasteiger charge is -2.23. The monoisotopic (exact) mass is 287 g/mol. The molecule has 5 nitrogen and oxygen atoms in total. The Morgan fingerprint density at radius 1 is 1.32 bits per heavy atom. The highest BCUT2D eigenvalue weighted by Crippen LogP contribution is 2.35. The van der Waals surface area contributed by atoms with E-state index in [2.05, 4.69) is 5.48 Å². The van der Waals surface area contributed by atoms with Gasteiger partial charge in [-0.3, -0.25) is 10.7 Å². The summed E-state index contributed by atoms with van der Waals surface area (Å²) in [5.74, 6) is 0.218. The summed E-state index contributed by atoms with van der Waals surface area (Å²) in [4.78, 5) is 0. The van der Waals surface area contributed by atoms with Crippen molar-refractivity contribution in [3.05, 3.63) is 23.3 Å². The number of hydrogen-bond donors (Lipinski definition) is 2. The Labute approximate surface area is 114 Å². The molecule has 0 aromatic heterocycles. The number of rotatable bonds is 4. The van der Waals surface area contributed by atoms with Gasteiger partial charge in [-0.1, -0.05) is 26.8 Å². The van der Waals surface area contributed by atoms with Gasteiger partial charge in [-0.05, 0) is 17.0 Å². The van der Waals surface area contributed by atoms with Crippen LogP contribution in [0.3, 0.4) is 0 Å². The quantitative estimate of drug-likeness (QED) is 0.831. The van der Waals surface area contributed by atoms with Crippen LogP contribution in [0.25, 0.3) is 0 Å². The Morgan fingerprint density at radius 3 is 2.26 bits per heavy atom. The van der Waals surface area contributed by atoms with E-state index < -0.39 is 9.84 Å². The predicted molar refractivity (Wildman–Crippen MR) is 75.7 cm³/mol. The second kappa shape index (κ2) is 5.38. The van der Waals surface area contributed by atoms with Crippen LogP contribution in [0.5, 0.6) is 5.75 Å². The zero-order valence-electron chi connectivity index (χ0n) is 11.9. The number of nitrogens with one attached hydrogen (secondary N) is 1. The number of hydrogen-bond acceptors (Lipinski definition) is 5. The Morgan fingerprint density at radius 2 is 1.89 bits per heavy atom. The van der Waals surface area contributed by atoms with Crippen LogP contribution >= 0.6 is 0 Å². The predicted octanol–water partition coefficient (Wildman–Crippen LogP) is 2.34. The fraction of sp³-hybridized carbons (Fsp3) is 0.538. The molecule has 0 fully saturated rings. The van der Waals surface area contributed by atoms with E-state index in [1.54, 1.807) is 12.1 Å². The van der Waals surface area contributed by atoms with E-state index >= 15 is 0 Å². The lowest BCUT2D eigenvalue weighted by Crippen LogP contribution is -2.14. The molecule has 1 aromatic rings. The van der Waals surface area contributed by atoms with Crippen molar-refractivity contribution in [2.45, 2.75) is 31.9 Å². The van der Waals surface area contributed by atoms with Crippen LogP contribution in [0.15, 0.2) is 12.1 Å². The summed E-state index contributed by atoms with van der Waals surface area (Å²) in [5.41, 5.74) is 3.73. The highest BCUT2D eigenvalue weighted by Gasteiger charge is 2.21. The van der Waals surface area contributed by atoms with E-state index in [1.807, 2.05) is 20.8 Å². The van der Waals surface area contributed by atoms with Gasteiger partial charge in [-0.25, -0.2) is 8.42 Å². The van der Waals surface area contributed by atoms with Crippen LogP contribution in [-0.4, -0.2) is 27.0 Å². The van der Waals surface area contributed by atoms with Gasteiger partial charge >= 0.3 is 0 Å². The summed E-state index contributed by atoms with van der Waals surface area (Å²) in [6.07, 6.45) is 1.17. The molecular weight excluding hydrogens is 266 g/mol. The average Bonchev–Trinajstić information content (AvgIpc) is 2.24. The first-order chi connectivity index (χ1) is 8.58.